The molecule has 7 nitrogen and oxygen atoms in total. The third kappa shape index (κ3) is 7.98. The fraction of sp³-hybridized carbons (Fsp3) is 0.192. The number of unbranched alkanes of at least 4 members (excludes halogenated alkanes) is 1. The zero-order chi connectivity index (χ0) is 25.2. The Morgan fingerprint density at radius 3 is 2.57 bits per heavy atom. The number of hydrogen-bond donors (Lipinski definition) is 3. The van der Waals surface area contributed by atoms with E-state index in [4.69, 9.17) is 33.0 Å². The van der Waals surface area contributed by atoms with Crippen LogP contribution in [0.1, 0.15) is 31.9 Å². The molecule has 182 valence electrons. The number of nitrogens with one attached hydrogen (secondary N) is 3. The standard InChI is InChI=1S/C26H26ClN3O4S/c1-3-4-5-24(31)29-21-13-10-19(16-23(21)33-2)28-26(35)30-25(32)15-12-20-11-14-22(34-20)17-6-8-18(27)9-7-17/h6-16H,3-5H2,1-2H3,(H,29,31)(H2,28,30,32,35). The van der Waals surface area contributed by atoms with Crippen molar-refractivity contribution < 1.29 is 18.7 Å². The largest absolute Gasteiger partial charge is 0.494 e. The molecule has 0 aliphatic carbocycles. The topological polar surface area (TPSA) is 92.6 Å². The number of methoxy groups -OCH3 is 1. The first-order valence-electron chi connectivity index (χ1n) is 11.0. The van der Waals surface area contributed by atoms with Crippen LogP contribution in [0.25, 0.3) is 17.4 Å². The predicted molar refractivity (Wildman–Crippen MR) is 144 cm³/mol. The Kier molecular flexibility index (Phi) is 9.46. The number of anilines is 2. The van der Waals surface area contributed by atoms with Gasteiger partial charge in [-0.25, -0.2) is 0 Å². The van der Waals surface area contributed by atoms with Gasteiger partial charge in [0.2, 0.25) is 11.8 Å². The summed E-state index contributed by atoms with van der Waals surface area (Å²) in [5, 5.41) is 9.10. The molecule has 0 aliphatic rings. The van der Waals surface area contributed by atoms with Gasteiger partial charge in [0.1, 0.15) is 17.3 Å². The first-order valence-corrected chi connectivity index (χ1v) is 11.8. The lowest BCUT2D eigenvalue weighted by Gasteiger charge is -2.13. The minimum Gasteiger partial charge on any atom is -0.494 e. The van der Waals surface area contributed by atoms with Gasteiger partial charge in [0.25, 0.3) is 0 Å². The molecule has 2 amide bonds. The molecule has 0 spiro atoms. The van der Waals surface area contributed by atoms with E-state index in [2.05, 4.69) is 16.0 Å². The zero-order valence-corrected chi connectivity index (χ0v) is 21.0. The SMILES string of the molecule is CCCCC(=O)Nc1ccc(NC(=S)NC(=O)C=Cc2ccc(-c3ccc(Cl)cc3)o2)cc1OC. The molecule has 0 saturated carbocycles. The summed E-state index contributed by atoms with van der Waals surface area (Å²) in [6.45, 7) is 2.03. The summed E-state index contributed by atoms with van der Waals surface area (Å²) in [5.41, 5.74) is 2.04. The lowest BCUT2D eigenvalue weighted by atomic mass is 10.2. The van der Waals surface area contributed by atoms with Gasteiger partial charge in [-0.2, -0.15) is 0 Å². The lowest BCUT2D eigenvalue weighted by molar-refractivity contribution is -0.116. The molecular formula is C26H26ClN3O4S. The Balaban J connectivity index is 1.54. The second kappa shape index (κ2) is 12.7. The van der Waals surface area contributed by atoms with Crippen molar-refractivity contribution in [3.63, 3.8) is 0 Å². The Morgan fingerprint density at radius 1 is 1.09 bits per heavy atom. The Hall–Kier alpha value is -3.62. The van der Waals surface area contributed by atoms with Crippen LogP contribution >= 0.6 is 23.8 Å². The van der Waals surface area contributed by atoms with Crippen LogP contribution in [0.4, 0.5) is 11.4 Å². The molecule has 0 aliphatic heterocycles. The van der Waals surface area contributed by atoms with Crippen LogP contribution in [0, 0.1) is 0 Å². The molecule has 2 aromatic carbocycles. The monoisotopic (exact) mass is 511 g/mol. The molecule has 1 heterocycles. The maximum atomic E-state index is 12.3. The second-order valence-corrected chi connectivity index (χ2v) is 8.40. The number of carbonyl (C=O) groups excluding carboxylic acids is 2. The highest BCUT2D eigenvalue weighted by Gasteiger charge is 2.10. The maximum absolute atomic E-state index is 12.3. The number of halogens is 1. The molecule has 0 saturated heterocycles. The van der Waals surface area contributed by atoms with Crippen LogP contribution in [0.2, 0.25) is 5.02 Å². The van der Waals surface area contributed by atoms with E-state index in [9.17, 15) is 9.59 Å². The van der Waals surface area contributed by atoms with E-state index in [0.29, 0.717) is 40.1 Å². The van der Waals surface area contributed by atoms with Gasteiger partial charge in [-0.3, -0.25) is 14.9 Å². The number of carbonyl (C=O) groups is 2. The highest BCUT2D eigenvalue weighted by molar-refractivity contribution is 7.80. The molecule has 9 heteroatoms. The van der Waals surface area contributed by atoms with Crippen LogP contribution < -0.4 is 20.7 Å². The van der Waals surface area contributed by atoms with E-state index >= 15 is 0 Å². The minimum atomic E-state index is -0.418. The fourth-order valence-electron chi connectivity index (χ4n) is 3.11. The average molecular weight is 512 g/mol. The number of benzene rings is 2. The summed E-state index contributed by atoms with van der Waals surface area (Å²) < 4.78 is 11.1. The molecule has 0 radical (unpaired) electrons. The predicted octanol–water partition coefficient (Wildman–Crippen LogP) is 6.26. The van der Waals surface area contributed by atoms with Crippen LogP contribution in [-0.4, -0.2) is 24.0 Å². The molecule has 1 aromatic heterocycles. The molecule has 35 heavy (non-hydrogen) atoms. The molecule has 0 fully saturated rings. The quantitative estimate of drug-likeness (QED) is 0.232. The number of thiocarbonyl (C=S) groups is 1. The van der Waals surface area contributed by atoms with Gasteiger partial charge in [0.05, 0.1) is 12.8 Å². The van der Waals surface area contributed by atoms with Gasteiger partial charge in [-0.1, -0.05) is 24.9 Å². The van der Waals surface area contributed by atoms with Gasteiger partial charge < -0.3 is 19.8 Å². The minimum absolute atomic E-state index is 0.0720. The van der Waals surface area contributed by atoms with Crippen molar-refractivity contribution in [2.45, 2.75) is 26.2 Å². The van der Waals surface area contributed by atoms with Crippen molar-refractivity contribution in [3.8, 4) is 17.1 Å². The van der Waals surface area contributed by atoms with Crippen molar-refractivity contribution in [1.29, 1.82) is 0 Å². The van der Waals surface area contributed by atoms with E-state index in [1.54, 1.807) is 42.5 Å². The number of rotatable bonds is 9. The van der Waals surface area contributed by atoms with Gasteiger partial charge in [-0.15, -0.1) is 0 Å². The van der Waals surface area contributed by atoms with Crippen molar-refractivity contribution in [3.05, 3.63) is 71.5 Å². The summed E-state index contributed by atoms with van der Waals surface area (Å²) in [4.78, 5) is 24.3. The lowest BCUT2D eigenvalue weighted by Crippen LogP contribution is -2.32. The number of furan rings is 1. The summed E-state index contributed by atoms with van der Waals surface area (Å²) in [6.07, 6.45) is 5.09. The smallest absolute Gasteiger partial charge is 0.250 e. The Labute approximate surface area is 214 Å². The third-order valence-corrected chi connectivity index (χ3v) is 5.34. The van der Waals surface area contributed by atoms with Crippen molar-refractivity contribution in [2.24, 2.45) is 0 Å². The highest BCUT2D eigenvalue weighted by Crippen LogP contribution is 2.28. The van der Waals surface area contributed by atoms with Gasteiger partial charge in [0, 0.05) is 34.8 Å². The Morgan fingerprint density at radius 2 is 1.86 bits per heavy atom. The molecule has 3 rings (SSSR count). The molecule has 0 bridgehead atoms. The molecule has 0 unspecified atom stereocenters. The maximum Gasteiger partial charge on any atom is 0.250 e. The van der Waals surface area contributed by atoms with Gasteiger partial charge >= 0.3 is 0 Å². The average Bonchev–Trinajstić information content (AvgIpc) is 3.32. The summed E-state index contributed by atoms with van der Waals surface area (Å²) in [7, 11) is 1.51. The van der Waals surface area contributed by atoms with Crippen LogP contribution in [0.3, 0.4) is 0 Å². The second-order valence-electron chi connectivity index (χ2n) is 7.55. The van der Waals surface area contributed by atoms with Crippen LogP contribution in [-0.2, 0) is 9.59 Å². The normalized spacial score (nSPS) is 10.7. The van der Waals surface area contributed by atoms with Crippen molar-refractivity contribution in [2.75, 3.05) is 17.7 Å². The highest BCUT2D eigenvalue weighted by atomic mass is 35.5. The van der Waals surface area contributed by atoms with Crippen LogP contribution in [0.15, 0.2) is 65.1 Å². The van der Waals surface area contributed by atoms with E-state index in [1.807, 2.05) is 25.1 Å². The molecule has 3 N–H and O–H groups in total. The van der Waals surface area contributed by atoms with Crippen molar-refractivity contribution >= 4 is 58.2 Å². The van der Waals surface area contributed by atoms with Gasteiger partial charge in [-0.05, 0) is 73.2 Å². The molecule has 0 atom stereocenters. The number of ether oxygens (including phenoxy) is 1. The van der Waals surface area contributed by atoms with Crippen molar-refractivity contribution in [1.82, 2.24) is 5.32 Å². The summed E-state index contributed by atoms with van der Waals surface area (Å²) in [5.74, 6) is 1.17. The summed E-state index contributed by atoms with van der Waals surface area (Å²) in [6, 6.07) is 16.0. The first-order chi connectivity index (χ1) is 16.9. The third-order valence-electron chi connectivity index (χ3n) is 4.88. The fourth-order valence-corrected chi connectivity index (χ4v) is 3.45. The van der Waals surface area contributed by atoms with E-state index in [1.165, 1.54) is 13.2 Å². The number of amides is 2. The van der Waals surface area contributed by atoms with Crippen LogP contribution in [0.5, 0.6) is 5.75 Å². The Bertz CT molecular complexity index is 1220. The van der Waals surface area contributed by atoms with E-state index in [0.717, 1.165) is 18.4 Å². The van der Waals surface area contributed by atoms with E-state index in [-0.39, 0.29) is 11.0 Å². The van der Waals surface area contributed by atoms with E-state index < -0.39 is 5.91 Å². The zero-order valence-electron chi connectivity index (χ0n) is 19.4. The number of hydrogen-bond acceptors (Lipinski definition) is 5. The first kappa shape index (κ1) is 26.0. The van der Waals surface area contributed by atoms with Gasteiger partial charge in [0.15, 0.2) is 5.11 Å². The molecule has 3 aromatic rings. The molecular weight excluding hydrogens is 486 g/mol. The summed E-state index contributed by atoms with van der Waals surface area (Å²) >= 11 is 11.1.